The van der Waals surface area contributed by atoms with Crippen molar-refractivity contribution in [2.45, 2.75) is 25.6 Å². The number of alkyl halides is 5. The van der Waals surface area contributed by atoms with E-state index in [-0.39, 0.29) is 0 Å². The highest BCUT2D eigenvalue weighted by molar-refractivity contribution is 5.71. The molecular formula is C20H20F5N7. The number of hydrogen-bond acceptors (Lipinski definition) is 6. The van der Waals surface area contributed by atoms with Gasteiger partial charge < -0.3 is 9.80 Å². The number of anilines is 2. The molecule has 0 unspecified atom stereocenters. The van der Waals surface area contributed by atoms with E-state index < -0.39 is 24.8 Å². The maximum Gasteiger partial charge on any atom is 0.433 e. The molecular weight excluding hydrogens is 433 g/mol. The molecule has 2 fully saturated rings. The van der Waals surface area contributed by atoms with Gasteiger partial charge in [-0.05, 0) is 30.4 Å². The minimum atomic E-state index is -4.45. The summed E-state index contributed by atoms with van der Waals surface area (Å²) in [4.78, 5) is 16.6. The fourth-order valence-electron chi connectivity index (χ4n) is 4.59. The zero-order valence-corrected chi connectivity index (χ0v) is 16.9. The first-order valence-electron chi connectivity index (χ1n) is 10.3. The Hall–Kier alpha value is -3.05. The van der Waals surface area contributed by atoms with Crippen LogP contribution in [0, 0.1) is 11.8 Å². The Bertz CT molecular complexity index is 1100. The Kier molecular flexibility index (Phi) is 5.09. The topological polar surface area (TPSA) is 63.0 Å². The van der Waals surface area contributed by atoms with Crippen LogP contribution in [-0.2, 0) is 12.7 Å². The van der Waals surface area contributed by atoms with E-state index in [4.69, 9.17) is 0 Å². The monoisotopic (exact) mass is 453 g/mol. The van der Waals surface area contributed by atoms with Gasteiger partial charge >= 0.3 is 6.18 Å². The first kappa shape index (κ1) is 20.8. The molecule has 2 aliphatic rings. The molecule has 2 saturated heterocycles. The Morgan fingerprint density at radius 3 is 2.47 bits per heavy atom. The van der Waals surface area contributed by atoms with Gasteiger partial charge in [-0.15, -0.1) is 0 Å². The zero-order chi connectivity index (χ0) is 22.5. The average Bonchev–Trinajstić information content (AvgIpc) is 3.36. The lowest BCUT2D eigenvalue weighted by atomic mass is 9.88. The quantitative estimate of drug-likeness (QED) is 0.564. The Morgan fingerprint density at radius 2 is 1.75 bits per heavy atom. The molecule has 0 amide bonds. The van der Waals surface area contributed by atoms with Crippen LogP contribution in [0.3, 0.4) is 0 Å². The van der Waals surface area contributed by atoms with Gasteiger partial charge in [0.25, 0.3) is 6.43 Å². The van der Waals surface area contributed by atoms with Gasteiger partial charge in [-0.3, -0.25) is 0 Å². The predicted molar refractivity (Wildman–Crippen MR) is 107 cm³/mol. The SMILES string of the molecule is FC(F)Cn1ncc2ncc(N3C[C@H]4CN(c5ccc(C(F)(F)F)nc5)CC[C@H]4C3)nc21. The molecule has 0 spiro atoms. The molecule has 0 aromatic carbocycles. The number of pyridine rings is 1. The van der Waals surface area contributed by atoms with Crippen LogP contribution in [0.5, 0.6) is 0 Å². The van der Waals surface area contributed by atoms with Crippen molar-refractivity contribution in [3.63, 3.8) is 0 Å². The summed E-state index contributed by atoms with van der Waals surface area (Å²) in [5.41, 5.74) is 0.567. The van der Waals surface area contributed by atoms with Gasteiger partial charge in [0, 0.05) is 26.2 Å². The number of halogens is 5. The van der Waals surface area contributed by atoms with Crippen LogP contribution < -0.4 is 9.80 Å². The van der Waals surface area contributed by atoms with Gasteiger partial charge in [-0.25, -0.2) is 28.4 Å². The van der Waals surface area contributed by atoms with Crippen LogP contribution in [0.25, 0.3) is 11.2 Å². The summed E-state index contributed by atoms with van der Waals surface area (Å²) in [6, 6.07) is 2.47. The Balaban J connectivity index is 1.30. The van der Waals surface area contributed by atoms with E-state index in [2.05, 4.69) is 29.9 Å². The minimum absolute atomic E-state index is 0.300. The summed E-state index contributed by atoms with van der Waals surface area (Å²) < 4.78 is 65.1. The van der Waals surface area contributed by atoms with E-state index in [9.17, 15) is 22.0 Å². The lowest BCUT2D eigenvalue weighted by Gasteiger charge is -2.35. The van der Waals surface area contributed by atoms with Crippen molar-refractivity contribution in [2.75, 3.05) is 36.0 Å². The van der Waals surface area contributed by atoms with Crippen molar-refractivity contribution < 1.29 is 22.0 Å². The lowest BCUT2D eigenvalue weighted by Crippen LogP contribution is -2.40. The molecule has 0 saturated carbocycles. The van der Waals surface area contributed by atoms with Crippen LogP contribution in [0.15, 0.2) is 30.7 Å². The third kappa shape index (κ3) is 3.93. The van der Waals surface area contributed by atoms with Crippen LogP contribution in [0.1, 0.15) is 12.1 Å². The summed E-state index contributed by atoms with van der Waals surface area (Å²) in [7, 11) is 0. The van der Waals surface area contributed by atoms with Crippen molar-refractivity contribution in [2.24, 2.45) is 11.8 Å². The normalized spacial score (nSPS) is 21.6. The summed E-state index contributed by atoms with van der Waals surface area (Å²) in [6.07, 6.45) is -1.77. The third-order valence-corrected chi connectivity index (χ3v) is 6.17. The summed E-state index contributed by atoms with van der Waals surface area (Å²) in [6.45, 7) is 2.37. The number of fused-ring (bicyclic) bond motifs is 2. The number of rotatable bonds is 4. The Morgan fingerprint density at radius 1 is 0.969 bits per heavy atom. The van der Waals surface area contributed by atoms with Crippen LogP contribution >= 0.6 is 0 Å². The van der Waals surface area contributed by atoms with Gasteiger partial charge in [0.15, 0.2) is 5.65 Å². The molecule has 32 heavy (non-hydrogen) atoms. The second-order valence-corrected chi connectivity index (χ2v) is 8.21. The molecule has 7 nitrogen and oxygen atoms in total. The molecule has 170 valence electrons. The first-order chi connectivity index (χ1) is 15.3. The van der Waals surface area contributed by atoms with Crippen LogP contribution in [0.2, 0.25) is 0 Å². The predicted octanol–water partition coefficient (Wildman–Crippen LogP) is 3.47. The van der Waals surface area contributed by atoms with E-state index in [1.54, 1.807) is 6.20 Å². The first-order valence-corrected chi connectivity index (χ1v) is 10.3. The van der Waals surface area contributed by atoms with Gasteiger partial charge in [0.05, 0.1) is 24.3 Å². The van der Waals surface area contributed by atoms with E-state index in [1.165, 1.54) is 23.1 Å². The molecule has 3 aromatic rings. The standard InChI is InChI=1S/C20H20F5N7/c21-17(22)11-32-19-15(6-28-32)26-7-18(29-19)31-8-12-3-4-30(9-13(12)10-31)14-1-2-16(27-5-14)20(23,24)25/h1-2,5-7,12-13,17H,3-4,8-11H2/t12-,13+/m0/s1. The molecule has 12 heteroatoms. The second kappa shape index (κ2) is 7.82. The zero-order valence-electron chi connectivity index (χ0n) is 16.9. The highest BCUT2D eigenvalue weighted by Crippen LogP contribution is 2.36. The van der Waals surface area contributed by atoms with Crippen molar-refractivity contribution in [1.29, 1.82) is 0 Å². The van der Waals surface area contributed by atoms with E-state index >= 15 is 0 Å². The molecule has 0 aliphatic carbocycles. The van der Waals surface area contributed by atoms with E-state index in [1.807, 2.05) is 0 Å². The second-order valence-electron chi connectivity index (χ2n) is 8.21. The van der Waals surface area contributed by atoms with Gasteiger partial charge in [0.1, 0.15) is 23.6 Å². The van der Waals surface area contributed by atoms with E-state index in [0.717, 1.165) is 25.6 Å². The van der Waals surface area contributed by atoms with Crippen LogP contribution in [0.4, 0.5) is 33.5 Å². The molecule has 0 radical (unpaired) electrons. The molecule has 0 N–H and O–H groups in total. The maximum absolute atomic E-state index is 12.8. The minimum Gasteiger partial charge on any atom is -0.370 e. The highest BCUT2D eigenvalue weighted by Gasteiger charge is 2.38. The largest absolute Gasteiger partial charge is 0.433 e. The fourth-order valence-corrected chi connectivity index (χ4v) is 4.59. The third-order valence-electron chi connectivity index (χ3n) is 6.17. The molecule has 0 bridgehead atoms. The lowest BCUT2D eigenvalue weighted by molar-refractivity contribution is -0.141. The molecule has 2 atom stereocenters. The highest BCUT2D eigenvalue weighted by atomic mass is 19.4. The van der Waals surface area contributed by atoms with Gasteiger partial charge in [-0.2, -0.15) is 18.3 Å². The molecule has 5 heterocycles. The average molecular weight is 453 g/mol. The smallest absolute Gasteiger partial charge is 0.370 e. The molecule has 3 aromatic heterocycles. The van der Waals surface area contributed by atoms with Crippen LogP contribution in [-0.4, -0.2) is 57.3 Å². The molecule has 5 rings (SSSR count). The number of piperidine rings is 1. The number of nitrogens with zero attached hydrogens (tertiary/aromatic N) is 7. The maximum atomic E-state index is 12.8. The Labute approximate surface area is 179 Å². The summed E-state index contributed by atoms with van der Waals surface area (Å²) >= 11 is 0. The number of hydrogen-bond donors (Lipinski definition) is 0. The number of aromatic nitrogens is 5. The van der Waals surface area contributed by atoms with Crippen molar-refractivity contribution in [1.82, 2.24) is 24.7 Å². The van der Waals surface area contributed by atoms with Gasteiger partial charge in [-0.1, -0.05) is 0 Å². The fraction of sp³-hybridized carbons (Fsp3) is 0.500. The van der Waals surface area contributed by atoms with Gasteiger partial charge in [0.2, 0.25) is 0 Å². The van der Waals surface area contributed by atoms with E-state index in [0.29, 0.717) is 47.6 Å². The van der Waals surface area contributed by atoms with Crippen molar-refractivity contribution in [3.05, 3.63) is 36.4 Å². The summed E-state index contributed by atoms with van der Waals surface area (Å²) in [5.74, 6) is 1.33. The van der Waals surface area contributed by atoms with Crippen molar-refractivity contribution in [3.8, 4) is 0 Å². The summed E-state index contributed by atoms with van der Waals surface area (Å²) in [5, 5.41) is 3.95. The molecule has 2 aliphatic heterocycles. The van der Waals surface area contributed by atoms with Crippen molar-refractivity contribution >= 4 is 22.7 Å².